The lowest BCUT2D eigenvalue weighted by molar-refractivity contribution is -0.140. The molecule has 0 radical (unpaired) electrons. The van der Waals surface area contributed by atoms with Gasteiger partial charge >= 0.3 is 5.97 Å². The predicted molar refractivity (Wildman–Crippen MR) is 88.3 cm³/mol. The minimum absolute atomic E-state index is 0.0192. The molecule has 1 heterocycles. The van der Waals surface area contributed by atoms with Crippen molar-refractivity contribution in [2.45, 2.75) is 43.4 Å². The highest BCUT2D eigenvalue weighted by Crippen LogP contribution is 2.30. The SMILES string of the molecule is O=C(O)C1CN(C(=O)CS(=O)(=O)C2CCCC2)Cc2ccccc21. The van der Waals surface area contributed by atoms with E-state index < -0.39 is 38.6 Å². The minimum Gasteiger partial charge on any atom is -0.481 e. The smallest absolute Gasteiger partial charge is 0.312 e. The Bertz CT molecular complexity index is 752. The van der Waals surface area contributed by atoms with E-state index in [0.717, 1.165) is 18.4 Å². The summed E-state index contributed by atoms with van der Waals surface area (Å²) < 4.78 is 24.8. The summed E-state index contributed by atoms with van der Waals surface area (Å²) in [5.74, 6) is -2.83. The largest absolute Gasteiger partial charge is 0.481 e. The molecule has 1 aliphatic carbocycles. The zero-order valence-corrected chi connectivity index (χ0v) is 14.2. The summed E-state index contributed by atoms with van der Waals surface area (Å²) in [6, 6.07) is 7.11. The number of fused-ring (bicyclic) bond motifs is 1. The zero-order valence-electron chi connectivity index (χ0n) is 13.3. The maximum Gasteiger partial charge on any atom is 0.312 e. The minimum atomic E-state index is -3.46. The first-order chi connectivity index (χ1) is 11.4. The van der Waals surface area contributed by atoms with E-state index in [-0.39, 0.29) is 13.1 Å². The van der Waals surface area contributed by atoms with Gasteiger partial charge in [-0.3, -0.25) is 9.59 Å². The second-order valence-corrected chi connectivity index (χ2v) is 8.86. The van der Waals surface area contributed by atoms with Crippen LogP contribution in [-0.2, 0) is 26.0 Å². The van der Waals surface area contributed by atoms with Crippen LogP contribution in [0.5, 0.6) is 0 Å². The molecule has 6 nitrogen and oxygen atoms in total. The number of sulfone groups is 1. The molecule has 1 aromatic carbocycles. The number of hydrogen-bond acceptors (Lipinski definition) is 4. The molecule has 3 rings (SSSR count). The van der Waals surface area contributed by atoms with Crippen molar-refractivity contribution in [3.05, 3.63) is 35.4 Å². The Hall–Kier alpha value is -1.89. The van der Waals surface area contributed by atoms with Crippen LogP contribution in [0.1, 0.15) is 42.7 Å². The van der Waals surface area contributed by atoms with E-state index >= 15 is 0 Å². The standard InChI is InChI=1S/C17H21NO5S/c19-16(11-24(22,23)13-6-2-3-7-13)18-9-12-5-1-4-8-14(12)15(10-18)17(20)21/h1,4-5,8,13,15H,2-3,6-7,9-11H2,(H,20,21). The van der Waals surface area contributed by atoms with Crippen molar-refractivity contribution in [2.75, 3.05) is 12.3 Å². The maximum atomic E-state index is 12.5. The average molecular weight is 351 g/mol. The highest BCUT2D eigenvalue weighted by molar-refractivity contribution is 7.92. The Morgan fingerprint density at radius 3 is 2.50 bits per heavy atom. The Kier molecular flexibility index (Phi) is 4.62. The molecular formula is C17H21NO5S. The molecule has 0 bridgehead atoms. The van der Waals surface area contributed by atoms with Crippen LogP contribution < -0.4 is 0 Å². The summed E-state index contributed by atoms with van der Waals surface area (Å²) in [7, 11) is -3.46. The Morgan fingerprint density at radius 1 is 1.17 bits per heavy atom. The number of carboxylic acid groups (broad SMARTS) is 1. The molecule has 1 aromatic rings. The van der Waals surface area contributed by atoms with Crippen LogP contribution in [0.15, 0.2) is 24.3 Å². The van der Waals surface area contributed by atoms with Crippen molar-refractivity contribution < 1.29 is 23.1 Å². The monoisotopic (exact) mass is 351 g/mol. The van der Waals surface area contributed by atoms with Crippen LogP contribution in [0, 0.1) is 0 Å². The fraction of sp³-hybridized carbons (Fsp3) is 0.529. The summed E-state index contributed by atoms with van der Waals surface area (Å²) in [5.41, 5.74) is 1.47. The van der Waals surface area contributed by atoms with Gasteiger partial charge in [0.2, 0.25) is 5.91 Å². The highest BCUT2D eigenvalue weighted by atomic mass is 32.2. The van der Waals surface area contributed by atoms with Crippen molar-refractivity contribution in [1.29, 1.82) is 0 Å². The predicted octanol–water partition coefficient (Wildman–Crippen LogP) is 1.55. The summed E-state index contributed by atoms with van der Waals surface area (Å²) in [5, 5.41) is 9.01. The molecule has 1 saturated carbocycles. The second kappa shape index (κ2) is 6.55. The number of aliphatic carboxylic acids is 1. The number of amides is 1. The zero-order chi connectivity index (χ0) is 17.3. The molecule has 24 heavy (non-hydrogen) atoms. The fourth-order valence-corrected chi connectivity index (χ4v) is 5.45. The molecule has 1 amide bonds. The van der Waals surface area contributed by atoms with Crippen LogP contribution in [-0.4, -0.2) is 47.8 Å². The molecule has 0 spiro atoms. The fourth-order valence-electron chi connectivity index (χ4n) is 3.64. The molecule has 2 aliphatic rings. The third-order valence-corrected chi connectivity index (χ3v) is 7.12. The van der Waals surface area contributed by atoms with E-state index in [2.05, 4.69) is 0 Å². The molecular weight excluding hydrogens is 330 g/mol. The summed E-state index contributed by atoms with van der Waals surface area (Å²) in [6.45, 7) is 0.282. The van der Waals surface area contributed by atoms with Gasteiger partial charge < -0.3 is 10.0 Å². The normalized spacial score (nSPS) is 21.5. The molecule has 1 N–H and O–H groups in total. The number of carbonyl (C=O) groups is 2. The van der Waals surface area contributed by atoms with Gasteiger partial charge in [-0.15, -0.1) is 0 Å². The van der Waals surface area contributed by atoms with Crippen molar-refractivity contribution in [2.24, 2.45) is 0 Å². The van der Waals surface area contributed by atoms with Gasteiger partial charge in [0.15, 0.2) is 9.84 Å². The van der Waals surface area contributed by atoms with Gasteiger partial charge in [-0.2, -0.15) is 0 Å². The Balaban J connectivity index is 1.78. The molecule has 1 fully saturated rings. The van der Waals surface area contributed by atoms with E-state index in [1.54, 1.807) is 24.3 Å². The second-order valence-electron chi connectivity index (χ2n) is 6.58. The first-order valence-corrected chi connectivity index (χ1v) is 9.90. The van der Waals surface area contributed by atoms with Crippen LogP contribution in [0.25, 0.3) is 0 Å². The highest BCUT2D eigenvalue weighted by Gasteiger charge is 2.36. The molecule has 130 valence electrons. The Labute approximate surface area is 141 Å². The van der Waals surface area contributed by atoms with Crippen LogP contribution in [0.4, 0.5) is 0 Å². The van der Waals surface area contributed by atoms with Gasteiger partial charge in [0.25, 0.3) is 0 Å². The number of carbonyl (C=O) groups excluding carboxylic acids is 1. The third kappa shape index (κ3) is 3.31. The van der Waals surface area contributed by atoms with Crippen molar-refractivity contribution in [1.82, 2.24) is 4.90 Å². The number of nitrogens with zero attached hydrogens (tertiary/aromatic N) is 1. The van der Waals surface area contributed by atoms with Gasteiger partial charge in [0.1, 0.15) is 5.75 Å². The van der Waals surface area contributed by atoms with Crippen molar-refractivity contribution in [3.63, 3.8) is 0 Å². The van der Waals surface area contributed by atoms with E-state index in [9.17, 15) is 23.1 Å². The molecule has 1 unspecified atom stereocenters. The first-order valence-electron chi connectivity index (χ1n) is 8.18. The van der Waals surface area contributed by atoms with Gasteiger partial charge in [0.05, 0.1) is 11.2 Å². The van der Waals surface area contributed by atoms with Crippen LogP contribution in [0.2, 0.25) is 0 Å². The maximum absolute atomic E-state index is 12.5. The van der Waals surface area contributed by atoms with Crippen LogP contribution >= 0.6 is 0 Å². The number of rotatable bonds is 4. The van der Waals surface area contributed by atoms with E-state index in [1.807, 2.05) is 0 Å². The van der Waals surface area contributed by atoms with E-state index in [0.29, 0.717) is 18.4 Å². The third-order valence-electron chi connectivity index (χ3n) is 4.98. The number of benzene rings is 1. The van der Waals surface area contributed by atoms with Crippen LogP contribution in [0.3, 0.4) is 0 Å². The lowest BCUT2D eigenvalue weighted by Gasteiger charge is -2.33. The topological polar surface area (TPSA) is 91.8 Å². The molecule has 7 heteroatoms. The molecule has 1 aliphatic heterocycles. The lowest BCUT2D eigenvalue weighted by atomic mass is 9.90. The first kappa shape index (κ1) is 17.0. The van der Waals surface area contributed by atoms with Crippen molar-refractivity contribution >= 4 is 21.7 Å². The number of carboxylic acids is 1. The average Bonchev–Trinajstić information content (AvgIpc) is 3.08. The van der Waals surface area contributed by atoms with E-state index in [1.165, 1.54) is 4.90 Å². The summed E-state index contributed by atoms with van der Waals surface area (Å²) in [4.78, 5) is 25.4. The van der Waals surface area contributed by atoms with Gasteiger partial charge in [-0.05, 0) is 24.0 Å². The van der Waals surface area contributed by atoms with Crippen molar-refractivity contribution in [3.8, 4) is 0 Å². The summed E-state index contributed by atoms with van der Waals surface area (Å²) in [6.07, 6.45) is 3.01. The molecule has 0 saturated heterocycles. The van der Waals surface area contributed by atoms with Gasteiger partial charge in [-0.25, -0.2) is 8.42 Å². The lowest BCUT2D eigenvalue weighted by Crippen LogP contribution is -2.44. The van der Waals surface area contributed by atoms with Gasteiger partial charge in [0, 0.05) is 13.1 Å². The Morgan fingerprint density at radius 2 is 1.83 bits per heavy atom. The van der Waals surface area contributed by atoms with Gasteiger partial charge in [-0.1, -0.05) is 37.1 Å². The number of hydrogen-bond donors (Lipinski definition) is 1. The van der Waals surface area contributed by atoms with E-state index in [4.69, 9.17) is 0 Å². The molecule has 1 atom stereocenters. The quantitative estimate of drug-likeness (QED) is 0.889. The molecule has 0 aromatic heterocycles. The summed E-state index contributed by atoms with van der Waals surface area (Å²) >= 11 is 0.